The van der Waals surface area contributed by atoms with E-state index in [1.807, 2.05) is 0 Å². The highest BCUT2D eigenvalue weighted by Crippen LogP contribution is 2.29. The molecule has 28 heavy (non-hydrogen) atoms. The van der Waals surface area contributed by atoms with Crippen LogP contribution in [0.5, 0.6) is 0 Å². The predicted molar refractivity (Wildman–Crippen MR) is 98.0 cm³/mol. The van der Waals surface area contributed by atoms with Crippen molar-refractivity contribution in [3.8, 4) is 11.4 Å². The van der Waals surface area contributed by atoms with E-state index in [1.54, 1.807) is 17.6 Å². The fourth-order valence-electron chi connectivity index (χ4n) is 2.64. The number of rotatable bonds is 6. The molecule has 0 spiro atoms. The van der Waals surface area contributed by atoms with Gasteiger partial charge < -0.3 is 20.5 Å². The Hall–Kier alpha value is -3.86. The number of aromatic nitrogens is 5. The van der Waals surface area contributed by atoms with Crippen LogP contribution in [0, 0.1) is 0 Å². The number of anilines is 2. The molecule has 0 radical (unpaired) electrons. The maximum Gasteiger partial charge on any atom is 0.337 e. The van der Waals surface area contributed by atoms with Gasteiger partial charge in [0.25, 0.3) is 0 Å². The van der Waals surface area contributed by atoms with Crippen LogP contribution in [0.15, 0.2) is 43.1 Å². The minimum Gasteiger partial charge on any atom is -0.478 e. The summed E-state index contributed by atoms with van der Waals surface area (Å²) in [5.41, 5.74) is 5.88. The summed E-state index contributed by atoms with van der Waals surface area (Å²) < 4.78 is 1.67. The van der Waals surface area contributed by atoms with Gasteiger partial charge in [0.1, 0.15) is 12.1 Å². The summed E-state index contributed by atoms with van der Waals surface area (Å²) in [4.78, 5) is 32.6. The molecule has 144 valence electrons. The summed E-state index contributed by atoms with van der Waals surface area (Å²) in [6.07, 6.45) is 5.43. The first kappa shape index (κ1) is 18.9. The number of aliphatic hydroxyl groups excluding tert-OH is 1. The van der Waals surface area contributed by atoms with Crippen LogP contribution in [0.25, 0.3) is 11.4 Å². The van der Waals surface area contributed by atoms with Gasteiger partial charge in [-0.1, -0.05) is 0 Å². The highest BCUT2D eigenvalue weighted by atomic mass is 16.4. The van der Waals surface area contributed by atoms with Gasteiger partial charge in [0.2, 0.25) is 0 Å². The first-order valence-electron chi connectivity index (χ1n) is 8.17. The number of carbonyl (C=O) groups is 2. The first-order chi connectivity index (χ1) is 13.4. The highest BCUT2D eigenvalue weighted by Gasteiger charge is 2.24. The Morgan fingerprint density at radius 3 is 2.79 bits per heavy atom. The van der Waals surface area contributed by atoms with Crippen molar-refractivity contribution in [1.29, 1.82) is 0 Å². The number of primary amides is 1. The molecule has 0 aliphatic heterocycles. The molecule has 0 fully saturated rings. The van der Waals surface area contributed by atoms with Gasteiger partial charge >= 0.3 is 12.0 Å². The summed E-state index contributed by atoms with van der Waals surface area (Å²) >= 11 is 0. The first-order valence-corrected chi connectivity index (χ1v) is 8.17. The van der Waals surface area contributed by atoms with Crippen LogP contribution in [0.3, 0.4) is 0 Å². The van der Waals surface area contributed by atoms with Crippen molar-refractivity contribution in [1.82, 2.24) is 24.7 Å². The van der Waals surface area contributed by atoms with E-state index in [1.165, 1.54) is 37.1 Å². The van der Waals surface area contributed by atoms with Crippen molar-refractivity contribution in [3.05, 3.63) is 48.7 Å². The van der Waals surface area contributed by atoms with Gasteiger partial charge in [-0.2, -0.15) is 0 Å². The number of carbonyl (C=O) groups excluding carboxylic acids is 1. The van der Waals surface area contributed by atoms with Crippen LogP contribution < -0.4 is 10.6 Å². The maximum absolute atomic E-state index is 12.1. The van der Waals surface area contributed by atoms with E-state index in [9.17, 15) is 19.8 Å². The monoisotopic (exact) mass is 383 g/mol. The second-order valence-electron chi connectivity index (χ2n) is 5.87. The lowest BCUT2D eigenvalue weighted by Gasteiger charge is -2.21. The van der Waals surface area contributed by atoms with Crippen molar-refractivity contribution in [3.63, 3.8) is 0 Å². The van der Waals surface area contributed by atoms with Crippen molar-refractivity contribution < 1.29 is 19.8 Å². The molecule has 0 aromatic carbocycles. The second kappa shape index (κ2) is 7.80. The molecule has 0 saturated carbocycles. The summed E-state index contributed by atoms with van der Waals surface area (Å²) in [5, 5.41) is 26.7. The van der Waals surface area contributed by atoms with Crippen LogP contribution in [0.1, 0.15) is 23.3 Å². The summed E-state index contributed by atoms with van der Waals surface area (Å²) in [5.74, 6) is -0.706. The molecule has 0 bridgehead atoms. The Labute approximate surface area is 159 Å². The van der Waals surface area contributed by atoms with Gasteiger partial charge in [0.05, 0.1) is 30.1 Å². The van der Waals surface area contributed by atoms with Gasteiger partial charge in [-0.05, 0) is 25.1 Å². The number of hydrogen-bond acceptors (Lipinski definition) is 7. The van der Waals surface area contributed by atoms with E-state index in [-0.39, 0.29) is 29.7 Å². The molecule has 3 rings (SSSR count). The fraction of sp³-hybridized carbons (Fsp3) is 0.176. The third-order valence-electron chi connectivity index (χ3n) is 4.04. The minimum atomic E-state index is -1.24. The smallest absolute Gasteiger partial charge is 0.337 e. The molecule has 0 aliphatic carbocycles. The van der Waals surface area contributed by atoms with E-state index in [0.717, 1.165) is 4.90 Å². The number of hydrogen-bond donors (Lipinski definition) is 3. The number of aromatic carboxylic acids is 1. The Balaban J connectivity index is 2.11. The molecule has 1 atom stereocenters. The molecule has 3 heterocycles. The quantitative estimate of drug-likeness (QED) is 0.572. The second-order valence-corrected chi connectivity index (χ2v) is 5.87. The summed E-state index contributed by atoms with van der Waals surface area (Å²) in [7, 11) is 0. The highest BCUT2D eigenvalue weighted by molar-refractivity contribution is 6.04. The third-order valence-corrected chi connectivity index (χ3v) is 4.04. The predicted octanol–water partition coefficient (Wildman–Crippen LogP) is 1.20. The van der Waals surface area contributed by atoms with Gasteiger partial charge in [-0.25, -0.2) is 19.5 Å². The van der Waals surface area contributed by atoms with E-state index in [0.29, 0.717) is 11.4 Å². The minimum absolute atomic E-state index is 0.0163. The number of amides is 2. The van der Waals surface area contributed by atoms with Gasteiger partial charge in [-0.15, -0.1) is 10.2 Å². The maximum atomic E-state index is 12.1. The van der Waals surface area contributed by atoms with E-state index < -0.39 is 12.0 Å². The average molecular weight is 383 g/mol. The van der Waals surface area contributed by atoms with Crippen molar-refractivity contribution in [2.75, 3.05) is 11.5 Å². The van der Waals surface area contributed by atoms with Crippen molar-refractivity contribution >= 4 is 23.5 Å². The molecule has 3 aromatic rings. The lowest BCUT2D eigenvalue weighted by Crippen LogP contribution is -2.33. The third kappa shape index (κ3) is 3.50. The van der Waals surface area contributed by atoms with Gasteiger partial charge in [0, 0.05) is 18.0 Å². The topological polar surface area (TPSA) is 160 Å². The molecule has 0 aliphatic rings. The zero-order valence-corrected chi connectivity index (χ0v) is 14.8. The van der Waals surface area contributed by atoms with Gasteiger partial charge in [-0.3, -0.25) is 4.98 Å². The number of urea groups is 1. The standard InChI is InChI=1S/C17H17N7O4/c1-10(8-25)23-9-21-22-15(23)11-2-5-20-14(6-11)24(17(18)28)13-7-19-4-3-12(13)16(26)27/h2-7,9-10,25H,8H2,1H3,(H2,18,28)(H,26,27). The number of carboxylic acids is 1. The molecular formula is C17H17N7O4. The van der Waals surface area contributed by atoms with Crippen molar-refractivity contribution in [2.24, 2.45) is 5.73 Å². The lowest BCUT2D eigenvalue weighted by molar-refractivity contribution is 0.0697. The normalized spacial score (nSPS) is 11.8. The Kier molecular flexibility index (Phi) is 5.27. The van der Waals surface area contributed by atoms with Crippen molar-refractivity contribution in [2.45, 2.75) is 13.0 Å². The van der Waals surface area contributed by atoms with Crippen LogP contribution in [0.2, 0.25) is 0 Å². The number of aliphatic hydroxyl groups is 1. The van der Waals surface area contributed by atoms with Crippen LogP contribution in [0.4, 0.5) is 16.3 Å². The van der Waals surface area contributed by atoms with Gasteiger partial charge in [0.15, 0.2) is 5.82 Å². The van der Waals surface area contributed by atoms with E-state index >= 15 is 0 Å². The molecule has 0 saturated heterocycles. The Morgan fingerprint density at radius 2 is 2.11 bits per heavy atom. The molecule has 11 nitrogen and oxygen atoms in total. The molecule has 1 unspecified atom stereocenters. The molecule has 11 heteroatoms. The SMILES string of the molecule is CC(CO)n1cnnc1-c1ccnc(N(C(N)=O)c2cnccc2C(=O)O)c1. The molecule has 4 N–H and O–H groups in total. The number of pyridine rings is 2. The molecular weight excluding hydrogens is 366 g/mol. The molecule has 3 aromatic heterocycles. The Bertz CT molecular complexity index is 1020. The molecule has 2 amide bonds. The lowest BCUT2D eigenvalue weighted by atomic mass is 10.2. The number of carboxylic acid groups (broad SMARTS) is 1. The van der Waals surface area contributed by atoms with E-state index in [2.05, 4.69) is 20.2 Å². The number of nitrogens with zero attached hydrogens (tertiary/aromatic N) is 6. The van der Waals surface area contributed by atoms with Crippen LogP contribution >= 0.6 is 0 Å². The zero-order chi connectivity index (χ0) is 20.3. The summed E-state index contributed by atoms with van der Waals surface area (Å²) in [6.45, 7) is 1.67. The van der Waals surface area contributed by atoms with Crippen LogP contribution in [-0.2, 0) is 0 Å². The van der Waals surface area contributed by atoms with E-state index in [4.69, 9.17) is 5.73 Å². The fourth-order valence-corrected chi connectivity index (χ4v) is 2.64. The zero-order valence-electron chi connectivity index (χ0n) is 14.8. The average Bonchev–Trinajstić information content (AvgIpc) is 3.17. The summed E-state index contributed by atoms with van der Waals surface area (Å²) in [6, 6.07) is 3.23. The largest absolute Gasteiger partial charge is 0.478 e. The van der Waals surface area contributed by atoms with Crippen LogP contribution in [-0.4, -0.2) is 53.6 Å². The number of nitrogens with two attached hydrogens (primary N) is 1. The Morgan fingerprint density at radius 1 is 1.32 bits per heavy atom.